The van der Waals surface area contributed by atoms with E-state index in [1.165, 1.54) is 0 Å². The third-order valence-electron chi connectivity index (χ3n) is 6.89. The summed E-state index contributed by atoms with van der Waals surface area (Å²) in [6.07, 6.45) is -5.04. The first-order valence-electron chi connectivity index (χ1n) is 13.1. The summed E-state index contributed by atoms with van der Waals surface area (Å²) in [5, 5.41) is 0. The number of halogens is 9. The van der Waals surface area contributed by atoms with E-state index >= 15 is 0 Å². The normalized spacial score (nSPS) is 13.3. The molecule has 8 bridgehead atoms. The van der Waals surface area contributed by atoms with Gasteiger partial charge in [-0.05, 0) is 36.4 Å². The number of nitrogens with one attached hydrogen (secondary N) is 5. The zero-order valence-corrected chi connectivity index (χ0v) is 27.0. The molecule has 0 spiro atoms. The molecule has 0 unspecified atom stereocenters. The molecule has 1 aliphatic rings. The van der Waals surface area contributed by atoms with Crippen LogP contribution in [-0.4, -0.2) is 49.9 Å². The number of nitrogens with zero attached hydrogens (tertiary/aromatic N) is 1. The molecule has 0 aliphatic carbocycles. The van der Waals surface area contributed by atoms with E-state index in [0.717, 1.165) is 0 Å². The Morgan fingerprint density at radius 3 is 1.36 bits per heavy atom. The number of rotatable bonds is 6. The molecule has 0 atom stereocenters. The van der Waals surface area contributed by atoms with E-state index in [0.29, 0.717) is 36.4 Å². The number of sulfonamides is 2. The number of alkyl halides is 9. The molecule has 5 heterocycles. The summed E-state index contributed by atoms with van der Waals surface area (Å²) in [4.78, 5) is 7.36. The van der Waals surface area contributed by atoms with Crippen LogP contribution >= 0.6 is 0 Å². The Morgan fingerprint density at radius 2 is 0.980 bits per heavy atom. The van der Waals surface area contributed by atoms with Gasteiger partial charge in [-0.25, -0.2) is 21.8 Å². The van der Waals surface area contributed by atoms with Crippen molar-refractivity contribution < 1.29 is 73.4 Å². The Kier molecular flexibility index (Phi) is 10.00. The van der Waals surface area contributed by atoms with E-state index in [9.17, 15) is 56.3 Å². The van der Waals surface area contributed by atoms with Gasteiger partial charge in [0.1, 0.15) is 26.5 Å². The average Bonchev–Trinajstić information content (AvgIpc) is 3.76. The third-order valence-corrected chi connectivity index (χ3v) is 9.74. The van der Waals surface area contributed by atoms with Crippen LogP contribution in [0.4, 0.5) is 39.5 Å². The first-order chi connectivity index (χ1) is 22.6. The van der Waals surface area contributed by atoms with E-state index in [1.807, 2.05) is 26.3 Å². The van der Waals surface area contributed by atoms with Gasteiger partial charge in [0.15, 0.2) is 0 Å². The maximum Gasteiger partial charge on any atom is 3.00 e. The molecule has 4 aromatic heterocycles. The van der Waals surface area contributed by atoms with Gasteiger partial charge < -0.3 is 15.0 Å². The van der Waals surface area contributed by atoms with Crippen LogP contribution in [0, 0.1) is 24.7 Å². The number of hydrogen-bond acceptors (Lipinski definition) is 5. The Bertz CT molecular complexity index is 2480. The van der Waals surface area contributed by atoms with E-state index in [-0.39, 0.29) is 17.1 Å². The topological polar surface area (TPSA) is 153 Å². The molecule has 1 aliphatic heterocycles. The Labute approximate surface area is 285 Å². The molecule has 262 valence electrons. The van der Waals surface area contributed by atoms with Crippen molar-refractivity contribution in [3.05, 3.63) is 52.3 Å². The Morgan fingerprint density at radius 1 is 0.620 bits per heavy atom. The zero-order valence-electron chi connectivity index (χ0n) is 24.2. The first-order valence-corrected chi connectivity index (χ1v) is 16.1. The van der Waals surface area contributed by atoms with E-state index < -0.39 is 123 Å². The summed E-state index contributed by atoms with van der Waals surface area (Å²) in [7, 11) is -9.99. The Hall–Kier alpha value is -4.44. The summed E-state index contributed by atoms with van der Waals surface area (Å²) < 4.78 is 188. The number of fused-ring (bicyclic) bond motifs is 9. The standard InChI is InChI=1S/C28H17F9N6O4S2.Mn/c1-3-9-38-48(44,45)19-11-17-22(27(32,33)34)15-7-5-13(40-15)21(26(29,30)31)14-6-8-16(41-14)23(28(35,36)37)18-12-20(25(43-18)24(19)42-17)49(46,47)39-10-4-2;/h1-2,5-8,11-12,38-40,42-43H,9-10H2;/q;+3. The van der Waals surface area contributed by atoms with Crippen LogP contribution < -0.4 is 9.44 Å². The maximum absolute atomic E-state index is 14.7. The largest absolute Gasteiger partial charge is 3.00 e. The molecule has 0 radical (unpaired) electrons. The van der Waals surface area contributed by atoms with Crippen molar-refractivity contribution in [3.8, 4) is 24.7 Å². The fourth-order valence-electron chi connectivity index (χ4n) is 5.01. The first kappa shape index (κ1) is 38.4. The minimum Gasteiger partial charge on any atom is -0.354 e. The van der Waals surface area contributed by atoms with Gasteiger partial charge in [0.25, 0.3) is 0 Å². The summed E-state index contributed by atoms with van der Waals surface area (Å²) in [5.41, 5.74) is -14.0. The summed E-state index contributed by atoms with van der Waals surface area (Å²) in [6, 6.07) is 1.86. The number of aromatic amines is 3. The molecule has 10 nitrogen and oxygen atoms in total. The van der Waals surface area contributed by atoms with Crippen molar-refractivity contribution in [3.63, 3.8) is 0 Å². The molecule has 0 fully saturated rings. The van der Waals surface area contributed by atoms with Crippen LogP contribution in [0.3, 0.4) is 0 Å². The number of terminal acetylenes is 2. The second-order valence-electron chi connectivity index (χ2n) is 10.0. The monoisotopic (exact) mass is 791 g/mol. The van der Waals surface area contributed by atoms with E-state index in [2.05, 4.69) is 15.0 Å². The molecule has 0 saturated carbocycles. The SMILES string of the molecule is C#CCNS(=O)(=O)c1cc2[nH]c1c1[nH]c(cc1S(=O)(=O)NCC#C)c(C(F)(F)F)c1ccc([nH]1)c(C(F)(F)F)c1nc(c2C(F)(F)F)C=C1.[Mn+3]. The molecule has 50 heavy (non-hydrogen) atoms. The molecule has 5 rings (SSSR count). The predicted octanol–water partition coefficient (Wildman–Crippen LogP) is 5.57. The average molecular weight is 792 g/mol. The molecular weight excluding hydrogens is 774 g/mol. The van der Waals surface area contributed by atoms with Crippen LogP contribution in [0.2, 0.25) is 0 Å². The molecule has 0 aromatic carbocycles. The second-order valence-corrected chi connectivity index (χ2v) is 13.5. The smallest absolute Gasteiger partial charge is 0.354 e. The predicted molar refractivity (Wildman–Crippen MR) is 158 cm³/mol. The van der Waals surface area contributed by atoms with Crippen molar-refractivity contribution in [2.24, 2.45) is 0 Å². The van der Waals surface area contributed by atoms with Crippen LogP contribution in [0.15, 0.2) is 34.1 Å². The zero-order chi connectivity index (χ0) is 36.3. The van der Waals surface area contributed by atoms with Gasteiger partial charge in [-0.15, -0.1) is 12.8 Å². The Balaban J connectivity index is 0.00000562. The van der Waals surface area contributed by atoms with Crippen molar-refractivity contribution in [1.29, 1.82) is 0 Å². The number of hydrogen-bond donors (Lipinski definition) is 5. The maximum atomic E-state index is 14.7. The van der Waals surface area contributed by atoms with Gasteiger partial charge in [0.2, 0.25) is 20.0 Å². The van der Waals surface area contributed by atoms with Crippen molar-refractivity contribution in [2.45, 2.75) is 28.3 Å². The van der Waals surface area contributed by atoms with E-state index in [1.54, 1.807) is 0 Å². The fraction of sp³-hybridized carbons (Fsp3) is 0.179. The van der Waals surface area contributed by atoms with Crippen molar-refractivity contribution in [2.75, 3.05) is 13.1 Å². The quantitative estimate of drug-likeness (QED) is 0.0866. The number of aromatic nitrogens is 4. The summed E-state index contributed by atoms with van der Waals surface area (Å²) in [6.45, 7) is -1.48. The molecule has 0 saturated heterocycles. The van der Waals surface area contributed by atoms with Crippen molar-refractivity contribution >= 4 is 65.3 Å². The second kappa shape index (κ2) is 13.0. The van der Waals surface area contributed by atoms with Crippen molar-refractivity contribution in [1.82, 2.24) is 29.4 Å². The number of H-pyrrole nitrogens is 3. The van der Waals surface area contributed by atoms with Gasteiger partial charge in [0, 0.05) is 0 Å². The molecule has 22 heteroatoms. The van der Waals surface area contributed by atoms with Gasteiger partial charge in [0.05, 0.1) is 57.6 Å². The molecule has 4 aromatic rings. The van der Waals surface area contributed by atoms with Crippen LogP contribution in [-0.2, 0) is 55.6 Å². The van der Waals surface area contributed by atoms with Gasteiger partial charge in [-0.3, -0.25) is 0 Å². The summed E-state index contributed by atoms with van der Waals surface area (Å²) in [5.74, 6) is 3.83. The minimum atomic E-state index is -5.47. The van der Waals surface area contributed by atoms with Gasteiger partial charge in [-0.2, -0.15) is 49.0 Å². The molecule has 5 N–H and O–H groups in total. The van der Waals surface area contributed by atoms with Crippen LogP contribution in [0.1, 0.15) is 28.1 Å². The molecule has 0 amide bonds. The van der Waals surface area contributed by atoms with Crippen LogP contribution in [0.25, 0.3) is 45.3 Å². The summed E-state index contributed by atoms with van der Waals surface area (Å²) >= 11 is 0. The minimum absolute atomic E-state index is 0. The van der Waals surface area contributed by atoms with Gasteiger partial charge >= 0.3 is 35.6 Å². The van der Waals surface area contributed by atoms with E-state index in [4.69, 9.17) is 12.8 Å². The molecular formula is C28H17F9MnN6O4S2+3. The van der Waals surface area contributed by atoms with Crippen LogP contribution in [0.5, 0.6) is 0 Å². The van der Waals surface area contributed by atoms with Gasteiger partial charge in [-0.1, -0.05) is 11.8 Å². The fourth-order valence-corrected chi connectivity index (χ4v) is 7.26. The third kappa shape index (κ3) is 7.08.